The van der Waals surface area contributed by atoms with E-state index in [0.717, 1.165) is 51.4 Å². The van der Waals surface area contributed by atoms with E-state index >= 15 is 0 Å². The highest BCUT2D eigenvalue weighted by molar-refractivity contribution is 5.86. The summed E-state index contributed by atoms with van der Waals surface area (Å²) in [4.78, 5) is 38.8. The van der Waals surface area contributed by atoms with Crippen LogP contribution in [0.2, 0.25) is 0 Å². The minimum atomic E-state index is -0.472. The highest BCUT2D eigenvalue weighted by Crippen LogP contribution is 2.75. The van der Waals surface area contributed by atoms with Gasteiger partial charge in [0, 0.05) is 30.1 Å². The molecule has 0 radical (unpaired) electrons. The normalized spacial score (nSPS) is 51.4. The van der Waals surface area contributed by atoms with Crippen LogP contribution < -0.4 is 0 Å². The van der Waals surface area contributed by atoms with Crippen molar-refractivity contribution in [2.75, 3.05) is 0 Å². The fourth-order valence-electron chi connectivity index (χ4n) is 10.8. The molecule has 4 heteroatoms. The maximum atomic E-state index is 14.3. The summed E-state index contributed by atoms with van der Waals surface area (Å²) in [6, 6.07) is 0. The molecule has 0 saturated heterocycles. The third-order valence-electron chi connectivity index (χ3n) is 13.0. The maximum Gasteiger partial charge on any atom is 0.293 e. The van der Waals surface area contributed by atoms with Gasteiger partial charge in [-0.3, -0.25) is 14.4 Å². The Hall–Kier alpha value is -1.19. The maximum absolute atomic E-state index is 14.3. The van der Waals surface area contributed by atoms with E-state index in [1.54, 1.807) is 0 Å². The predicted molar refractivity (Wildman–Crippen MR) is 132 cm³/mol. The molecule has 0 bridgehead atoms. The number of carbonyl (C=O) groups is 3. The first-order valence-electron chi connectivity index (χ1n) is 13.8. The lowest BCUT2D eigenvalue weighted by molar-refractivity contribution is -0.248. The molecule has 190 valence electrons. The topological polar surface area (TPSA) is 60.4 Å². The van der Waals surface area contributed by atoms with E-state index in [2.05, 4.69) is 48.5 Å². The van der Waals surface area contributed by atoms with Crippen molar-refractivity contribution >= 4 is 18.0 Å². The summed E-state index contributed by atoms with van der Waals surface area (Å²) in [5.41, 5.74) is -0.632. The zero-order valence-electron chi connectivity index (χ0n) is 22.6. The van der Waals surface area contributed by atoms with Gasteiger partial charge in [0.2, 0.25) is 0 Å². The van der Waals surface area contributed by atoms with Gasteiger partial charge in [-0.2, -0.15) is 0 Å². The quantitative estimate of drug-likeness (QED) is 0.430. The second-order valence-electron chi connectivity index (χ2n) is 15.0. The Bertz CT molecular complexity index is 919. The van der Waals surface area contributed by atoms with Gasteiger partial charge in [-0.15, -0.1) is 0 Å². The summed E-state index contributed by atoms with van der Waals surface area (Å²) in [5, 5.41) is 0. The standard InChI is InChI=1S/C30H46O4/c1-25(2)12-14-30(34-18-31)15-13-29(7)24(19(30)17-25)20(32)16-22-27(5)10-9-23(33)26(3,4)21(27)8-11-28(22,29)6/h18-19,21-22,24H,8-17H2,1-7H3/t19-,21+,22-,24+,27+,28-,29-,30+/m1/s1. The third-order valence-corrected chi connectivity index (χ3v) is 13.0. The lowest BCUT2D eigenvalue weighted by Gasteiger charge is -2.72. The lowest BCUT2D eigenvalue weighted by Crippen LogP contribution is -2.70. The Labute approximate surface area is 206 Å². The second-order valence-corrected chi connectivity index (χ2v) is 15.0. The van der Waals surface area contributed by atoms with Crippen LogP contribution >= 0.6 is 0 Å². The first-order chi connectivity index (χ1) is 15.7. The molecule has 5 saturated carbocycles. The molecule has 8 atom stereocenters. The van der Waals surface area contributed by atoms with E-state index in [4.69, 9.17) is 4.74 Å². The average Bonchev–Trinajstić information content (AvgIpc) is 2.74. The number of hydrogen-bond donors (Lipinski definition) is 0. The van der Waals surface area contributed by atoms with Crippen LogP contribution in [0.5, 0.6) is 0 Å². The Morgan fingerprint density at radius 2 is 1.50 bits per heavy atom. The highest BCUT2D eigenvalue weighted by Gasteiger charge is 2.72. The molecule has 5 fully saturated rings. The Balaban J connectivity index is 1.59. The molecule has 4 nitrogen and oxygen atoms in total. The van der Waals surface area contributed by atoms with Gasteiger partial charge in [0.15, 0.2) is 0 Å². The molecular formula is C30H46O4. The van der Waals surface area contributed by atoms with Crippen LogP contribution in [0.15, 0.2) is 0 Å². The highest BCUT2D eigenvalue weighted by atomic mass is 16.5. The number of rotatable bonds is 2. The Morgan fingerprint density at radius 1 is 0.824 bits per heavy atom. The fraction of sp³-hybridized carbons (Fsp3) is 0.900. The molecule has 34 heavy (non-hydrogen) atoms. The van der Waals surface area contributed by atoms with E-state index < -0.39 is 5.60 Å². The summed E-state index contributed by atoms with van der Waals surface area (Å²) in [6.45, 7) is 16.9. The van der Waals surface area contributed by atoms with Crippen LogP contribution in [0.3, 0.4) is 0 Å². The zero-order chi connectivity index (χ0) is 24.9. The van der Waals surface area contributed by atoms with E-state index in [1.807, 2.05) is 0 Å². The molecule has 0 aromatic carbocycles. The molecule has 0 unspecified atom stereocenters. The number of ketones is 2. The van der Waals surface area contributed by atoms with E-state index in [9.17, 15) is 14.4 Å². The van der Waals surface area contributed by atoms with Crippen LogP contribution in [0, 0.1) is 50.7 Å². The number of fused-ring (bicyclic) bond motifs is 7. The minimum Gasteiger partial charge on any atom is -0.461 e. The van der Waals surface area contributed by atoms with Crippen LogP contribution in [0.4, 0.5) is 0 Å². The van der Waals surface area contributed by atoms with Crippen molar-refractivity contribution in [2.45, 2.75) is 118 Å². The van der Waals surface area contributed by atoms with Crippen molar-refractivity contribution in [1.82, 2.24) is 0 Å². The fourth-order valence-corrected chi connectivity index (χ4v) is 10.8. The summed E-state index contributed by atoms with van der Waals surface area (Å²) in [6.07, 6.45) is 9.05. The van der Waals surface area contributed by atoms with Crippen molar-refractivity contribution < 1.29 is 19.1 Å². The van der Waals surface area contributed by atoms with Gasteiger partial charge >= 0.3 is 0 Å². The van der Waals surface area contributed by atoms with Gasteiger partial charge in [-0.05, 0) is 84.9 Å². The SMILES string of the molecule is CC1(C)CC[C@]2(OC=O)CC[C@]3(C)[C@H](C(=O)C[C@@H]4[C@@]5(C)CCC(=O)C(C)(C)[C@@H]5CC[C@]43C)[C@H]2C1. The molecule has 5 aliphatic rings. The van der Waals surface area contributed by atoms with Gasteiger partial charge < -0.3 is 4.74 Å². The first kappa shape index (κ1) is 24.5. The average molecular weight is 471 g/mol. The summed E-state index contributed by atoms with van der Waals surface area (Å²) >= 11 is 0. The molecule has 0 heterocycles. The first-order valence-corrected chi connectivity index (χ1v) is 13.8. The van der Waals surface area contributed by atoms with Crippen molar-refractivity contribution in [2.24, 2.45) is 50.7 Å². The molecule has 0 aromatic heterocycles. The van der Waals surface area contributed by atoms with Crippen molar-refractivity contribution in [3.05, 3.63) is 0 Å². The van der Waals surface area contributed by atoms with Gasteiger partial charge in [0.25, 0.3) is 6.47 Å². The smallest absolute Gasteiger partial charge is 0.293 e. The van der Waals surface area contributed by atoms with Crippen LogP contribution in [0.25, 0.3) is 0 Å². The van der Waals surface area contributed by atoms with E-state index in [1.165, 1.54) is 0 Å². The molecule has 0 aromatic rings. The van der Waals surface area contributed by atoms with Crippen molar-refractivity contribution in [1.29, 1.82) is 0 Å². The summed E-state index contributed by atoms with van der Waals surface area (Å²) in [5.74, 6) is 1.55. The second kappa shape index (κ2) is 7.19. The van der Waals surface area contributed by atoms with Gasteiger partial charge in [-0.1, -0.05) is 48.5 Å². The largest absolute Gasteiger partial charge is 0.461 e. The van der Waals surface area contributed by atoms with Crippen molar-refractivity contribution in [3.8, 4) is 0 Å². The lowest BCUT2D eigenvalue weighted by atomic mass is 9.32. The summed E-state index contributed by atoms with van der Waals surface area (Å²) in [7, 11) is 0. The van der Waals surface area contributed by atoms with E-state index in [0.29, 0.717) is 42.7 Å². The van der Waals surface area contributed by atoms with Gasteiger partial charge in [0.05, 0.1) is 0 Å². The van der Waals surface area contributed by atoms with Crippen LogP contribution in [0.1, 0.15) is 113 Å². The monoisotopic (exact) mass is 470 g/mol. The molecule has 0 N–H and O–H groups in total. The molecule has 5 rings (SSSR count). The van der Waals surface area contributed by atoms with Crippen LogP contribution in [-0.2, 0) is 19.1 Å². The predicted octanol–water partition coefficient (Wildman–Crippen LogP) is 6.54. The number of carbonyl (C=O) groups excluding carboxylic acids is 3. The van der Waals surface area contributed by atoms with Crippen LogP contribution in [-0.4, -0.2) is 23.6 Å². The molecule has 0 spiro atoms. The van der Waals surface area contributed by atoms with Crippen molar-refractivity contribution in [3.63, 3.8) is 0 Å². The number of Topliss-reactive ketones (excluding diaryl/α,β-unsaturated/α-hetero) is 2. The molecular weight excluding hydrogens is 424 g/mol. The number of hydrogen-bond acceptors (Lipinski definition) is 4. The summed E-state index contributed by atoms with van der Waals surface area (Å²) < 4.78 is 5.95. The molecule has 0 amide bonds. The van der Waals surface area contributed by atoms with Gasteiger partial charge in [-0.25, -0.2) is 0 Å². The van der Waals surface area contributed by atoms with E-state index in [-0.39, 0.29) is 38.9 Å². The zero-order valence-corrected chi connectivity index (χ0v) is 22.6. The molecule has 0 aliphatic heterocycles. The van der Waals surface area contributed by atoms with Gasteiger partial charge in [0.1, 0.15) is 17.2 Å². The number of ether oxygens (including phenoxy) is 1. The Kier molecular flexibility index (Phi) is 5.18. The third kappa shape index (κ3) is 2.92. The molecule has 5 aliphatic carbocycles. The minimum absolute atomic E-state index is 0.0215. The Morgan fingerprint density at radius 3 is 2.18 bits per heavy atom.